The zero-order chi connectivity index (χ0) is 18.3. The largest absolute Gasteiger partial charge is 1.00 e. The molecule has 6 heteroatoms. The quantitative estimate of drug-likeness (QED) is 0.569. The summed E-state index contributed by atoms with van der Waals surface area (Å²) in [6.07, 6.45) is 1.05. The topological polar surface area (TPSA) is 38.3 Å². The van der Waals surface area contributed by atoms with Gasteiger partial charge in [-0.05, 0) is 42.0 Å². The Morgan fingerprint density at radius 1 is 1.04 bits per heavy atom. The lowest BCUT2D eigenvalue weighted by molar-refractivity contribution is -0.890. The number of ether oxygens (including phenoxy) is 1. The Balaban J connectivity index is 0.00000338. The predicted molar refractivity (Wildman–Crippen MR) is 106 cm³/mol. The van der Waals surface area contributed by atoms with Gasteiger partial charge >= 0.3 is 0 Å². The molecular weight excluding hydrogens is 460 g/mol. The van der Waals surface area contributed by atoms with Crippen LogP contribution in [0.5, 0.6) is 5.75 Å². The first kappa shape index (κ1) is 22.7. The van der Waals surface area contributed by atoms with Crippen LogP contribution in [0.4, 0.5) is 5.69 Å². The monoisotopic (exact) mass is 484 g/mol. The van der Waals surface area contributed by atoms with Gasteiger partial charge in [-0.2, -0.15) is 0 Å². The molecule has 0 saturated heterocycles. The van der Waals surface area contributed by atoms with Crippen LogP contribution in [0.2, 0.25) is 0 Å². The molecular formula is C20H26Br2N2O2. The van der Waals surface area contributed by atoms with E-state index < -0.39 is 0 Å². The van der Waals surface area contributed by atoms with Crippen molar-refractivity contribution >= 4 is 27.5 Å². The summed E-state index contributed by atoms with van der Waals surface area (Å²) in [5.74, 6) is 0.750. The molecule has 142 valence electrons. The number of rotatable bonds is 8. The minimum atomic E-state index is -0.0708. The van der Waals surface area contributed by atoms with E-state index in [-0.39, 0.29) is 22.9 Å². The maximum absolute atomic E-state index is 11.0. The Hall–Kier alpha value is -1.37. The zero-order valence-electron chi connectivity index (χ0n) is 15.5. The molecule has 0 saturated carbocycles. The van der Waals surface area contributed by atoms with Crippen LogP contribution in [0.25, 0.3) is 0 Å². The molecule has 2 rings (SSSR count). The summed E-state index contributed by atoms with van der Waals surface area (Å²) in [5.41, 5.74) is 2.13. The number of nitrogens with one attached hydrogen (secondary N) is 1. The normalized spacial score (nSPS) is 10.8. The number of carbonyl (C=O) groups excluding carboxylic acids is 1. The molecule has 0 fully saturated rings. The summed E-state index contributed by atoms with van der Waals surface area (Å²) in [5, 5.41) is 2.75. The minimum absolute atomic E-state index is 0. The maximum Gasteiger partial charge on any atom is 0.221 e. The van der Waals surface area contributed by atoms with Gasteiger partial charge in [0.25, 0.3) is 0 Å². The molecule has 0 bridgehead atoms. The fraction of sp³-hybridized carbons (Fsp3) is 0.350. The first-order valence-corrected chi connectivity index (χ1v) is 9.20. The molecule has 4 nitrogen and oxygen atoms in total. The Bertz CT molecular complexity index is 686. The van der Waals surface area contributed by atoms with Gasteiger partial charge in [0.2, 0.25) is 5.91 Å². The number of hydrogen-bond donors (Lipinski definition) is 1. The summed E-state index contributed by atoms with van der Waals surface area (Å²) in [4.78, 5) is 11.0. The number of likely N-dealkylation sites (N-methyl/N-ethyl adjacent to an activating group) is 1. The van der Waals surface area contributed by atoms with E-state index in [0.29, 0.717) is 6.61 Å². The Morgan fingerprint density at radius 3 is 2.23 bits per heavy atom. The van der Waals surface area contributed by atoms with Gasteiger partial charge < -0.3 is 31.5 Å². The average molecular weight is 486 g/mol. The number of anilines is 1. The molecule has 1 amide bonds. The highest BCUT2D eigenvalue weighted by atomic mass is 79.9. The van der Waals surface area contributed by atoms with Crippen LogP contribution >= 0.6 is 15.9 Å². The lowest BCUT2D eigenvalue weighted by Gasteiger charge is -2.29. The summed E-state index contributed by atoms with van der Waals surface area (Å²) >= 11 is 3.47. The summed E-state index contributed by atoms with van der Waals surface area (Å²) in [6, 6.07) is 16.0. The Labute approximate surface area is 175 Å². The molecule has 0 radical (unpaired) electrons. The van der Waals surface area contributed by atoms with E-state index in [1.54, 1.807) is 0 Å². The molecule has 0 aliphatic heterocycles. The number of benzene rings is 2. The standard InChI is InChI=1S/C20H25BrN2O2.BrH/c1-16(24)22-19-8-10-20(11-9-19)25-15-14-23(2,3)13-12-17-4-6-18(21)7-5-17;/h4-11H,12-15H2,1-3H3;1H. The SMILES string of the molecule is CC(=O)Nc1ccc(OCC[N+](C)(C)CCc2ccc(Br)cc2)cc1.[Br-]. The highest BCUT2D eigenvalue weighted by Gasteiger charge is 2.15. The van der Waals surface area contributed by atoms with Crippen molar-refractivity contribution in [3.05, 3.63) is 58.6 Å². The van der Waals surface area contributed by atoms with Crippen molar-refractivity contribution in [3.8, 4) is 5.75 Å². The molecule has 0 atom stereocenters. The fourth-order valence-corrected chi connectivity index (χ4v) is 2.71. The van der Waals surface area contributed by atoms with E-state index in [1.807, 2.05) is 24.3 Å². The van der Waals surface area contributed by atoms with Crippen molar-refractivity contribution in [1.82, 2.24) is 0 Å². The molecule has 2 aromatic carbocycles. The first-order chi connectivity index (χ1) is 11.8. The third kappa shape index (κ3) is 8.34. The van der Waals surface area contributed by atoms with Crippen molar-refractivity contribution < 1.29 is 31.0 Å². The number of amides is 1. The second-order valence-corrected chi connectivity index (χ2v) is 7.73. The van der Waals surface area contributed by atoms with Gasteiger partial charge in [0.05, 0.1) is 20.6 Å². The van der Waals surface area contributed by atoms with Crippen molar-refractivity contribution in [3.63, 3.8) is 0 Å². The lowest BCUT2D eigenvalue weighted by Crippen LogP contribution is -3.00. The van der Waals surface area contributed by atoms with Crippen LogP contribution in [0, 0.1) is 0 Å². The van der Waals surface area contributed by atoms with E-state index >= 15 is 0 Å². The molecule has 0 unspecified atom stereocenters. The van der Waals surface area contributed by atoms with Crippen molar-refractivity contribution in [2.24, 2.45) is 0 Å². The average Bonchev–Trinajstić information content (AvgIpc) is 2.55. The molecule has 0 aliphatic rings. The Morgan fingerprint density at radius 2 is 1.65 bits per heavy atom. The van der Waals surface area contributed by atoms with E-state index in [4.69, 9.17) is 4.74 Å². The van der Waals surface area contributed by atoms with Crippen LogP contribution in [0.15, 0.2) is 53.0 Å². The third-order valence-electron chi connectivity index (χ3n) is 4.06. The van der Waals surface area contributed by atoms with Crippen LogP contribution in [-0.4, -0.2) is 44.2 Å². The van der Waals surface area contributed by atoms with Crippen molar-refractivity contribution in [2.75, 3.05) is 39.1 Å². The van der Waals surface area contributed by atoms with E-state index in [1.165, 1.54) is 12.5 Å². The third-order valence-corrected chi connectivity index (χ3v) is 4.59. The summed E-state index contributed by atoms with van der Waals surface area (Å²) in [7, 11) is 4.45. The van der Waals surface area contributed by atoms with Crippen LogP contribution in [0.3, 0.4) is 0 Å². The second-order valence-electron chi connectivity index (χ2n) is 6.81. The zero-order valence-corrected chi connectivity index (χ0v) is 18.6. The van der Waals surface area contributed by atoms with E-state index in [0.717, 1.165) is 39.9 Å². The molecule has 0 heterocycles. The van der Waals surface area contributed by atoms with Gasteiger partial charge in [0, 0.05) is 23.5 Å². The van der Waals surface area contributed by atoms with Crippen molar-refractivity contribution in [2.45, 2.75) is 13.3 Å². The van der Waals surface area contributed by atoms with E-state index in [2.05, 4.69) is 59.6 Å². The molecule has 1 N–H and O–H groups in total. The Kier molecular flexibility index (Phi) is 9.33. The van der Waals surface area contributed by atoms with Gasteiger partial charge in [-0.3, -0.25) is 4.79 Å². The molecule has 26 heavy (non-hydrogen) atoms. The smallest absolute Gasteiger partial charge is 0.221 e. The van der Waals surface area contributed by atoms with Gasteiger partial charge in [-0.1, -0.05) is 28.1 Å². The second kappa shape index (κ2) is 10.7. The summed E-state index contributed by atoms with van der Waals surface area (Å²) < 4.78 is 7.85. The highest BCUT2D eigenvalue weighted by Crippen LogP contribution is 2.16. The number of hydrogen-bond acceptors (Lipinski definition) is 2. The van der Waals surface area contributed by atoms with Crippen LogP contribution in [0.1, 0.15) is 12.5 Å². The van der Waals surface area contributed by atoms with E-state index in [9.17, 15) is 4.79 Å². The van der Waals surface area contributed by atoms with Crippen LogP contribution in [-0.2, 0) is 11.2 Å². The minimum Gasteiger partial charge on any atom is -1.00 e. The molecule has 0 spiro atoms. The number of nitrogens with zero attached hydrogens (tertiary/aromatic N) is 1. The predicted octanol–water partition coefficient (Wildman–Crippen LogP) is 1.11. The van der Waals surface area contributed by atoms with Gasteiger partial charge in [0.1, 0.15) is 18.9 Å². The van der Waals surface area contributed by atoms with Crippen LogP contribution < -0.4 is 27.0 Å². The van der Waals surface area contributed by atoms with Gasteiger partial charge in [-0.15, -0.1) is 0 Å². The number of carbonyl (C=O) groups is 1. The number of halogens is 2. The molecule has 2 aromatic rings. The molecule has 0 aromatic heterocycles. The van der Waals surface area contributed by atoms with Crippen molar-refractivity contribution in [1.29, 1.82) is 0 Å². The lowest BCUT2D eigenvalue weighted by atomic mass is 10.1. The van der Waals surface area contributed by atoms with Gasteiger partial charge in [-0.25, -0.2) is 0 Å². The number of quaternary nitrogens is 1. The molecule has 0 aliphatic carbocycles. The maximum atomic E-state index is 11.0. The highest BCUT2D eigenvalue weighted by molar-refractivity contribution is 9.10. The summed E-state index contributed by atoms with van der Waals surface area (Å²) in [6.45, 7) is 4.15. The first-order valence-electron chi connectivity index (χ1n) is 8.41. The fourth-order valence-electron chi connectivity index (χ4n) is 2.44. The van der Waals surface area contributed by atoms with Gasteiger partial charge in [0.15, 0.2) is 0 Å².